The van der Waals surface area contributed by atoms with Gasteiger partial charge in [-0.1, -0.05) is 36.4 Å². The lowest BCUT2D eigenvalue weighted by Crippen LogP contribution is -2.08. The number of para-hydroxylation sites is 1. The number of phenolic OH excluding ortho intramolecular Hbond substituents is 1. The average Bonchev–Trinajstić information content (AvgIpc) is 2.46. The molecule has 0 aliphatic heterocycles. The van der Waals surface area contributed by atoms with Crippen molar-refractivity contribution in [1.82, 2.24) is 0 Å². The molecule has 20 heavy (non-hydrogen) atoms. The number of rotatable bonds is 4. The molecule has 0 saturated carbocycles. The summed E-state index contributed by atoms with van der Waals surface area (Å²) in [6.07, 6.45) is 0. The van der Waals surface area contributed by atoms with Crippen LogP contribution in [0.3, 0.4) is 0 Å². The van der Waals surface area contributed by atoms with E-state index in [1.807, 2.05) is 0 Å². The predicted molar refractivity (Wildman–Crippen MR) is 74.0 cm³/mol. The summed E-state index contributed by atoms with van der Waals surface area (Å²) < 4.78 is 0. The Labute approximate surface area is 116 Å². The third kappa shape index (κ3) is 2.69. The second kappa shape index (κ2) is 5.57. The third-order valence-corrected chi connectivity index (χ3v) is 3.19. The fourth-order valence-corrected chi connectivity index (χ4v) is 1.89. The Morgan fingerprint density at radius 2 is 1.60 bits per heavy atom. The van der Waals surface area contributed by atoms with E-state index in [2.05, 4.69) is 0 Å². The Balaban J connectivity index is 2.29. The van der Waals surface area contributed by atoms with Crippen LogP contribution < -0.4 is 0 Å². The molecule has 4 heteroatoms. The molecule has 0 spiro atoms. The van der Waals surface area contributed by atoms with Crippen molar-refractivity contribution >= 4 is 11.8 Å². The van der Waals surface area contributed by atoms with E-state index in [-0.39, 0.29) is 17.1 Å². The number of carboxylic acid groups (broad SMARTS) is 1. The first-order chi connectivity index (χ1) is 9.50. The zero-order chi connectivity index (χ0) is 14.7. The first kappa shape index (κ1) is 13.8. The van der Waals surface area contributed by atoms with Gasteiger partial charge in [-0.2, -0.15) is 0 Å². The van der Waals surface area contributed by atoms with Crippen LogP contribution in [0, 0.1) is 0 Å². The lowest BCUT2D eigenvalue weighted by Gasteiger charge is -2.08. The van der Waals surface area contributed by atoms with Gasteiger partial charge in [0.15, 0.2) is 5.78 Å². The number of aliphatic carboxylic acids is 1. The molecule has 0 heterocycles. The number of aromatic hydroxyl groups is 1. The standard InChI is InChI=1S/C16H14O4/c1-10(16(19)20)11-6-8-12(9-7-11)15(18)13-4-2-3-5-14(13)17/h2-10,17H,1H3,(H,19,20). The van der Waals surface area contributed by atoms with Gasteiger partial charge in [0.1, 0.15) is 5.75 Å². The fraction of sp³-hybridized carbons (Fsp3) is 0.125. The average molecular weight is 270 g/mol. The second-order valence-electron chi connectivity index (χ2n) is 4.53. The molecule has 2 aromatic carbocycles. The van der Waals surface area contributed by atoms with Gasteiger partial charge in [-0.3, -0.25) is 9.59 Å². The van der Waals surface area contributed by atoms with Crippen molar-refractivity contribution in [2.45, 2.75) is 12.8 Å². The van der Waals surface area contributed by atoms with Crippen LogP contribution in [-0.2, 0) is 4.79 Å². The highest BCUT2D eigenvalue weighted by molar-refractivity contribution is 6.10. The van der Waals surface area contributed by atoms with Gasteiger partial charge in [0, 0.05) is 5.56 Å². The highest BCUT2D eigenvalue weighted by atomic mass is 16.4. The van der Waals surface area contributed by atoms with Gasteiger partial charge in [0.2, 0.25) is 0 Å². The molecule has 0 aliphatic carbocycles. The molecule has 2 aromatic rings. The third-order valence-electron chi connectivity index (χ3n) is 3.19. The van der Waals surface area contributed by atoms with E-state index in [1.165, 1.54) is 6.07 Å². The molecule has 0 radical (unpaired) electrons. The summed E-state index contributed by atoms with van der Waals surface area (Å²) in [6, 6.07) is 12.7. The van der Waals surface area contributed by atoms with Gasteiger partial charge < -0.3 is 10.2 Å². The Morgan fingerprint density at radius 1 is 1.00 bits per heavy atom. The molecule has 0 amide bonds. The normalized spacial score (nSPS) is 11.8. The molecule has 1 atom stereocenters. The summed E-state index contributed by atoms with van der Waals surface area (Å²) in [6.45, 7) is 1.59. The van der Waals surface area contributed by atoms with E-state index < -0.39 is 11.9 Å². The highest BCUT2D eigenvalue weighted by Gasteiger charge is 2.16. The van der Waals surface area contributed by atoms with Gasteiger partial charge in [-0.25, -0.2) is 0 Å². The van der Waals surface area contributed by atoms with Gasteiger partial charge in [-0.05, 0) is 24.6 Å². The topological polar surface area (TPSA) is 74.6 Å². The van der Waals surface area contributed by atoms with Gasteiger partial charge in [-0.15, -0.1) is 0 Å². The van der Waals surface area contributed by atoms with Crippen LogP contribution in [0.4, 0.5) is 0 Å². The largest absolute Gasteiger partial charge is 0.507 e. The Bertz CT molecular complexity index is 644. The van der Waals surface area contributed by atoms with E-state index in [0.29, 0.717) is 11.1 Å². The maximum Gasteiger partial charge on any atom is 0.310 e. The first-order valence-electron chi connectivity index (χ1n) is 6.16. The van der Waals surface area contributed by atoms with E-state index >= 15 is 0 Å². The molecular formula is C16H14O4. The van der Waals surface area contributed by atoms with Crippen molar-refractivity contribution < 1.29 is 19.8 Å². The Kier molecular flexibility index (Phi) is 3.84. The van der Waals surface area contributed by atoms with Crippen LogP contribution in [0.2, 0.25) is 0 Å². The van der Waals surface area contributed by atoms with Crippen molar-refractivity contribution in [3.63, 3.8) is 0 Å². The van der Waals surface area contributed by atoms with Crippen LogP contribution >= 0.6 is 0 Å². The summed E-state index contributed by atoms with van der Waals surface area (Å²) in [5.41, 5.74) is 1.27. The monoisotopic (exact) mass is 270 g/mol. The molecule has 0 aliphatic rings. The number of carboxylic acids is 1. The number of carbonyl (C=O) groups excluding carboxylic acids is 1. The number of hydrogen-bond acceptors (Lipinski definition) is 3. The van der Waals surface area contributed by atoms with Crippen molar-refractivity contribution in [2.24, 2.45) is 0 Å². The molecule has 102 valence electrons. The van der Waals surface area contributed by atoms with Crippen LogP contribution in [0.1, 0.15) is 34.3 Å². The minimum atomic E-state index is -0.912. The highest BCUT2D eigenvalue weighted by Crippen LogP contribution is 2.21. The van der Waals surface area contributed by atoms with Crippen LogP contribution in [0.25, 0.3) is 0 Å². The van der Waals surface area contributed by atoms with E-state index in [0.717, 1.165) is 0 Å². The molecule has 0 aromatic heterocycles. The zero-order valence-electron chi connectivity index (χ0n) is 10.9. The number of carbonyl (C=O) groups is 2. The molecule has 1 unspecified atom stereocenters. The summed E-state index contributed by atoms with van der Waals surface area (Å²) in [4.78, 5) is 23.1. The van der Waals surface area contributed by atoms with Gasteiger partial charge in [0.25, 0.3) is 0 Å². The second-order valence-corrected chi connectivity index (χ2v) is 4.53. The van der Waals surface area contributed by atoms with E-state index in [9.17, 15) is 14.7 Å². The molecule has 0 saturated heterocycles. The molecule has 0 fully saturated rings. The zero-order valence-corrected chi connectivity index (χ0v) is 10.9. The van der Waals surface area contributed by atoms with Crippen molar-refractivity contribution in [1.29, 1.82) is 0 Å². The maximum atomic E-state index is 12.2. The van der Waals surface area contributed by atoms with Crippen LogP contribution in [-0.4, -0.2) is 22.0 Å². The quantitative estimate of drug-likeness (QED) is 0.838. The van der Waals surface area contributed by atoms with Crippen LogP contribution in [0.5, 0.6) is 5.75 Å². The summed E-state index contributed by atoms with van der Waals surface area (Å²) in [5, 5.41) is 18.6. The SMILES string of the molecule is CC(C(=O)O)c1ccc(C(=O)c2ccccc2O)cc1. The summed E-state index contributed by atoms with van der Waals surface area (Å²) >= 11 is 0. The molecule has 2 rings (SSSR count). The Hall–Kier alpha value is -2.62. The molecule has 4 nitrogen and oxygen atoms in total. The summed E-state index contributed by atoms with van der Waals surface area (Å²) in [5.74, 6) is -1.90. The van der Waals surface area contributed by atoms with Gasteiger partial charge in [0.05, 0.1) is 11.5 Å². The van der Waals surface area contributed by atoms with Crippen molar-refractivity contribution in [3.8, 4) is 5.75 Å². The van der Waals surface area contributed by atoms with Crippen molar-refractivity contribution in [3.05, 3.63) is 65.2 Å². The van der Waals surface area contributed by atoms with E-state index in [4.69, 9.17) is 5.11 Å². The number of hydrogen-bond donors (Lipinski definition) is 2. The van der Waals surface area contributed by atoms with Crippen LogP contribution in [0.15, 0.2) is 48.5 Å². The lowest BCUT2D eigenvalue weighted by atomic mass is 9.97. The number of ketones is 1. The maximum absolute atomic E-state index is 12.2. The smallest absolute Gasteiger partial charge is 0.310 e. The van der Waals surface area contributed by atoms with E-state index in [1.54, 1.807) is 49.4 Å². The summed E-state index contributed by atoms with van der Waals surface area (Å²) in [7, 11) is 0. The fourth-order valence-electron chi connectivity index (χ4n) is 1.89. The first-order valence-corrected chi connectivity index (χ1v) is 6.16. The minimum absolute atomic E-state index is 0.0690. The minimum Gasteiger partial charge on any atom is -0.507 e. The van der Waals surface area contributed by atoms with Gasteiger partial charge >= 0.3 is 5.97 Å². The number of phenols is 1. The lowest BCUT2D eigenvalue weighted by molar-refractivity contribution is -0.138. The molecule has 0 bridgehead atoms. The molecule has 2 N–H and O–H groups in total. The predicted octanol–water partition coefficient (Wildman–Crippen LogP) is 2.81. The Morgan fingerprint density at radius 3 is 2.15 bits per heavy atom. The molecular weight excluding hydrogens is 256 g/mol. The number of benzene rings is 2. The van der Waals surface area contributed by atoms with Crippen molar-refractivity contribution in [2.75, 3.05) is 0 Å².